The highest BCUT2D eigenvalue weighted by molar-refractivity contribution is 6.30. The number of hydrogen-bond acceptors (Lipinski definition) is 9. The van der Waals surface area contributed by atoms with E-state index >= 15 is 0 Å². The number of halogens is 1. The summed E-state index contributed by atoms with van der Waals surface area (Å²) in [5.41, 5.74) is 1.22. The highest BCUT2D eigenvalue weighted by Gasteiger charge is 2.42. The number of fused-ring (bicyclic) bond motifs is 2. The Balaban J connectivity index is 2.21. The lowest BCUT2D eigenvalue weighted by molar-refractivity contribution is -0.159. The van der Waals surface area contributed by atoms with Crippen molar-refractivity contribution in [2.45, 2.75) is 109 Å². The van der Waals surface area contributed by atoms with Gasteiger partial charge in [0.05, 0.1) is 31.7 Å². The molecule has 0 aromatic heterocycles. The molecule has 9 nitrogen and oxygen atoms in total. The highest BCUT2D eigenvalue weighted by atomic mass is 35.5. The Labute approximate surface area is 223 Å². The number of hydrogen-bond donors (Lipinski definition) is 2. The molecule has 2 bridgehead atoms. The first-order chi connectivity index (χ1) is 17.5. The summed E-state index contributed by atoms with van der Waals surface area (Å²) in [6.45, 7) is 7.03. The maximum absolute atomic E-state index is 12.8. The molecule has 0 radical (unpaired) electrons. The van der Waals surface area contributed by atoms with Crippen LogP contribution in [0.25, 0.3) is 0 Å². The maximum Gasteiger partial charge on any atom is 0.310 e. The first kappa shape index (κ1) is 31.0. The van der Waals surface area contributed by atoms with E-state index in [0.29, 0.717) is 24.2 Å². The molecule has 2 N–H and O–H groups in total. The second-order valence-corrected chi connectivity index (χ2v) is 10.0. The predicted molar refractivity (Wildman–Crippen MR) is 137 cm³/mol. The summed E-state index contributed by atoms with van der Waals surface area (Å²) in [5, 5.41) is 21.7. The molecule has 2 rings (SSSR count). The molecule has 6 unspecified atom stereocenters. The number of ether oxygens (including phenoxy) is 4. The molecule has 0 aromatic rings. The van der Waals surface area contributed by atoms with Crippen molar-refractivity contribution >= 4 is 29.5 Å². The zero-order valence-corrected chi connectivity index (χ0v) is 22.7. The van der Waals surface area contributed by atoms with Gasteiger partial charge < -0.3 is 29.2 Å². The lowest BCUT2D eigenvalue weighted by Crippen LogP contribution is -2.37. The van der Waals surface area contributed by atoms with Crippen molar-refractivity contribution in [1.82, 2.24) is 0 Å². The van der Waals surface area contributed by atoms with Crippen LogP contribution in [0.4, 0.5) is 0 Å². The van der Waals surface area contributed by atoms with Crippen LogP contribution in [0, 0.1) is 0 Å². The lowest BCUT2D eigenvalue weighted by Gasteiger charge is -2.24. The number of carbonyl (C=O) groups excluding carboxylic acids is 3. The van der Waals surface area contributed by atoms with E-state index in [-0.39, 0.29) is 30.7 Å². The van der Waals surface area contributed by atoms with Crippen LogP contribution in [0.5, 0.6) is 0 Å². The van der Waals surface area contributed by atoms with Crippen molar-refractivity contribution in [1.29, 1.82) is 0 Å². The van der Waals surface area contributed by atoms with Crippen LogP contribution >= 0.6 is 11.6 Å². The monoisotopic (exact) mass is 542 g/mol. The summed E-state index contributed by atoms with van der Waals surface area (Å²) >= 11 is 6.28. The first-order valence-electron chi connectivity index (χ1n) is 12.7. The van der Waals surface area contributed by atoms with Crippen LogP contribution < -0.4 is 0 Å². The van der Waals surface area contributed by atoms with E-state index in [1.54, 1.807) is 26.0 Å². The minimum absolute atomic E-state index is 0.0101. The molecular formula is C27H39ClO9. The number of aliphatic hydroxyl groups excluding tert-OH is 2. The second kappa shape index (κ2) is 15.3. The van der Waals surface area contributed by atoms with E-state index in [0.717, 1.165) is 12.8 Å². The summed E-state index contributed by atoms with van der Waals surface area (Å²) in [7, 11) is 0. The lowest BCUT2D eigenvalue weighted by atomic mass is 10.0. The zero-order valence-electron chi connectivity index (χ0n) is 22.0. The number of carbonyl (C=O) groups is 3. The third-order valence-corrected chi connectivity index (χ3v) is 6.60. The summed E-state index contributed by atoms with van der Waals surface area (Å²) < 4.78 is 22.2. The Morgan fingerprint density at radius 2 is 2.00 bits per heavy atom. The summed E-state index contributed by atoms with van der Waals surface area (Å²) in [4.78, 5) is 36.4. The van der Waals surface area contributed by atoms with Gasteiger partial charge in [0.2, 0.25) is 0 Å². The molecule has 2 heterocycles. The van der Waals surface area contributed by atoms with Crippen LogP contribution in [-0.4, -0.2) is 71.4 Å². The van der Waals surface area contributed by atoms with Crippen molar-refractivity contribution in [2.24, 2.45) is 0 Å². The van der Waals surface area contributed by atoms with Gasteiger partial charge in [0.25, 0.3) is 0 Å². The quantitative estimate of drug-likeness (QED) is 0.204. The maximum atomic E-state index is 12.8. The Morgan fingerprint density at radius 3 is 2.68 bits per heavy atom. The van der Waals surface area contributed by atoms with Crippen LogP contribution in [0.3, 0.4) is 0 Å². The molecule has 0 amide bonds. The number of unbranched alkanes of at least 4 members (excludes halogenated alkanes) is 1. The molecule has 0 spiro atoms. The third kappa shape index (κ3) is 10.6. The van der Waals surface area contributed by atoms with E-state index < -0.39 is 54.5 Å². The molecule has 2 aliphatic heterocycles. The van der Waals surface area contributed by atoms with E-state index in [9.17, 15) is 24.6 Å². The fourth-order valence-electron chi connectivity index (χ4n) is 4.23. The molecule has 1 fully saturated rings. The molecule has 1 saturated heterocycles. The topological polar surface area (TPSA) is 129 Å². The molecule has 2 aliphatic rings. The molecule has 208 valence electrons. The minimum Gasteiger partial charge on any atom is -0.465 e. The van der Waals surface area contributed by atoms with Gasteiger partial charge in [-0.1, -0.05) is 48.7 Å². The number of rotatable bonds is 8. The van der Waals surface area contributed by atoms with Gasteiger partial charge in [0.1, 0.15) is 24.4 Å². The zero-order chi connectivity index (χ0) is 27.5. The largest absolute Gasteiger partial charge is 0.465 e. The van der Waals surface area contributed by atoms with Gasteiger partial charge in [-0.2, -0.15) is 0 Å². The van der Waals surface area contributed by atoms with Crippen LogP contribution in [-0.2, 0) is 33.3 Å². The smallest absolute Gasteiger partial charge is 0.310 e. The van der Waals surface area contributed by atoms with Gasteiger partial charge in [-0.05, 0) is 32.3 Å². The number of allylic oxidation sites excluding steroid dienone is 2. The van der Waals surface area contributed by atoms with Gasteiger partial charge in [0, 0.05) is 24.8 Å². The number of aliphatic hydroxyl groups is 2. The Kier molecular flexibility index (Phi) is 12.8. The standard InChI is InChI=1S/C27H39ClO9/c1-5-6-10-34-25(32)12-16(2)11-22(31)27-24-14-19(36-27)13-21(30)20(28)9-7-8-17(3)23(35-18(4)29)15-26(33)37-24/h8-9,11,19,21-24,27,30-31H,5-7,10,12-15H2,1-4H3/b16-11+,17-8-,20-9-. The molecule has 37 heavy (non-hydrogen) atoms. The van der Waals surface area contributed by atoms with Gasteiger partial charge in [-0.15, -0.1) is 0 Å². The van der Waals surface area contributed by atoms with E-state index in [2.05, 4.69) is 0 Å². The van der Waals surface area contributed by atoms with Crippen LogP contribution in [0.1, 0.15) is 72.6 Å². The average Bonchev–Trinajstić information content (AvgIpc) is 3.19. The van der Waals surface area contributed by atoms with Crippen LogP contribution in [0.2, 0.25) is 0 Å². The van der Waals surface area contributed by atoms with Crippen molar-refractivity contribution in [3.8, 4) is 0 Å². The van der Waals surface area contributed by atoms with Gasteiger partial charge in [-0.25, -0.2) is 0 Å². The first-order valence-corrected chi connectivity index (χ1v) is 13.1. The minimum atomic E-state index is -1.18. The second-order valence-electron chi connectivity index (χ2n) is 9.57. The average molecular weight is 543 g/mol. The molecule has 0 saturated carbocycles. The molecule has 10 heteroatoms. The van der Waals surface area contributed by atoms with Gasteiger partial charge in [-0.3, -0.25) is 14.4 Å². The third-order valence-electron chi connectivity index (χ3n) is 6.20. The summed E-state index contributed by atoms with van der Waals surface area (Å²) in [6, 6.07) is 0. The predicted octanol–water partition coefficient (Wildman–Crippen LogP) is 3.64. The van der Waals surface area contributed by atoms with Crippen molar-refractivity contribution in [3.63, 3.8) is 0 Å². The normalized spacial score (nSPS) is 31.2. The molecule has 0 aromatic carbocycles. The SMILES string of the molecule is CCCCOC(=O)C/C(C)=C/C(O)C1OC2CC(O)/C(Cl)=C/C/C=C(/C)C(OC(C)=O)CC(=O)OC1C2. The van der Waals surface area contributed by atoms with Crippen molar-refractivity contribution in [3.05, 3.63) is 34.4 Å². The Hall–Kier alpha value is -2.20. The summed E-state index contributed by atoms with van der Waals surface area (Å²) in [6.07, 6.45) is 1.84. The molecule has 6 atom stereocenters. The Bertz CT molecular complexity index is 894. The van der Waals surface area contributed by atoms with E-state index in [1.165, 1.54) is 13.0 Å². The number of esters is 3. The molecule has 0 aliphatic carbocycles. The van der Waals surface area contributed by atoms with E-state index in [4.69, 9.17) is 30.5 Å². The Morgan fingerprint density at radius 1 is 1.27 bits per heavy atom. The van der Waals surface area contributed by atoms with E-state index in [1.807, 2.05) is 6.92 Å². The van der Waals surface area contributed by atoms with Gasteiger partial charge in [0.15, 0.2) is 0 Å². The fraction of sp³-hybridized carbons (Fsp3) is 0.667. The van der Waals surface area contributed by atoms with Crippen molar-refractivity contribution in [2.75, 3.05) is 6.61 Å². The fourth-order valence-corrected chi connectivity index (χ4v) is 4.41. The van der Waals surface area contributed by atoms with Crippen molar-refractivity contribution < 1.29 is 43.5 Å². The van der Waals surface area contributed by atoms with Gasteiger partial charge >= 0.3 is 17.9 Å². The highest BCUT2D eigenvalue weighted by Crippen LogP contribution is 2.32. The molecular weight excluding hydrogens is 504 g/mol. The van der Waals surface area contributed by atoms with Crippen LogP contribution in [0.15, 0.2) is 34.4 Å². The summed E-state index contributed by atoms with van der Waals surface area (Å²) in [5.74, 6) is -1.54.